The van der Waals surface area contributed by atoms with Crippen LogP contribution in [0.25, 0.3) is 0 Å². The Morgan fingerprint density at radius 2 is 2.10 bits per heavy atom. The van der Waals surface area contributed by atoms with Crippen LogP contribution in [0.5, 0.6) is 0 Å². The van der Waals surface area contributed by atoms with Crippen molar-refractivity contribution in [3.8, 4) is 0 Å². The number of rotatable bonds is 4. The van der Waals surface area contributed by atoms with E-state index in [4.69, 9.17) is 4.74 Å². The van der Waals surface area contributed by atoms with E-state index in [2.05, 4.69) is 31.2 Å². The standard InChI is InChI=1S/C17H22O2S/c1-13-3-5-15(6-4-13)20-12-16(18)14-7-10-19-17(11-14)8-2-9-17/h3-6,14H,2,7-12H2,1H3. The molecule has 0 bridgehead atoms. The lowest BCUT2D eigenvalue weighted by Gasteiger charge is -2.46. The first kappa shape index (κ1) is 14.2. The molecule has 0 N–H and O–H groups in total. The van der Waals surface area contributed by atoms with Crippen LogP contribution in [0.1, 0.15) is 37.7 Å². The second-order valence-corrected chi connectivity index (χ2v) is 7.19. The molecule has 0 radical (unpaired) electrons. The van der Waals surface area contributed by atoms with E-state index in [1.807, 2.05) is 0 Å². The molecule has 1 aromatic carbocycles. The van der Waals surface area contributed by atoms with Crippen molar-refractivity contribution in [1.82, 2.24) is 0 Å². The monoisotopic (exact) mass is 290 g/mol. The highest BCUT2D eigenvalue weighted by Gasteiger charge is 2.44. The maximum absolute atomic E-state index is 12.4. The zero-order chi connectivity index (χ0) is 14.0. The molecular formula is C17H22O2S. The van der Waals surface area contributed by atoms with Gasteiger partial charge in [-0.3, -0.25) is 4.79 Å². The molecule has 1 saturated carbocycles. The van der Waals surface area contributed by atoms with Gasteiger partial charge in [0, 0.05) is 17.4 Å². The Morgan fingerprint density at radius 1 is 1.35 bits per heavy atom. The Hall–Kier alpha value is -0.800. The van der Waals surface area contributed by atoms with Crippen LogP contribution >= 0.6 is 11.8 Å². The topological polar surface area (TPSA) is 26.3 Å². The lowest BCUT2D eigenvalue weighted by Crippen LogP contribution is -2.47. The lowest BCUT2D eigenvalue weighted by atomic mass is 9.71. The number of aryl methyl sites for hydroxylation is 1. The Morgan fingerprint density at radius 3 is 2.75 bits per heavy atom. The quantitative estimate of drug-likeness (QED) is 0.784. The summed E-state index contributed by atoms with van der Waals surface area (Å²) >= 11 is 1.67. The number of ketones is 1. The summed E-state index contributed by atoms with van der Waals surface area (Å²) in [6.07, 6.45) is 5.44. The van der Waals surface area contributed by atoms with E-state index in [1.54, 1.807) is 11.8 Å². The average Bonchev–Trinajstić information content (AvgIpc) is 2.45. The van der Waals surface area contributed by atoms with Gasteiger partial charge in [0.2, 0.25) is 0 Å². The maximum atomic E-state index is 12.4. The van der Waals surface area contributed by atoms with Gasteiger partial charge in [-0.05, 0) is 51.2 Å². The molecule has 1 unspecified atom stereocenters. The van der Waals surface area contributed by atoms with Gasteiger partial charge in [-0.2, -0.15) is 0 Å². The first-order valence-corrected chi connectivity index (χ1v) is 8.52. The SMILES string of the molecule is Cc1ccc(SCC(=O)C2CCOC3(CCC3)C2)cc1. The second-order valence-electron chi connectivity index (χ2n) is 6.14. The summed E-state index contributed by atoms with van der Waals surface area (Å²) in [5.74, 6) is 1.23. The number of thioether (sulfide) groups is 1. The molecule has 20 heavy (non-hydrogen) atoms. The van der Waals surface area contributed by atoms with E-state index in [1.165, 1.54) is 16.9 Å². The van der Waals surface area contributed by atoms with Gasteiger partial charge < -0.3 is 4.74 Å². The molecule has 1 spiro atoms. The van der Waals surface area contributed by atoms with Crippen LogP contribution in [0, 0.1) is 12.8 Å². The normalized spacial score (nSPS) is 24.4. The molecule has 1 aromatic rings. The van der Waals surface area contributed by atoms with E-state index in [9.17, 15) is 4.79 Å². The summed E-state index contributed by atoms with van der Waals surface area (Å²) in [5, 5.41) is 0. The van der Waals surface area contributed by atoms with Crippen molar-refractivity contribution < 1.29 is 9.53 Å². The fourth-order valence-corrected chi connectivity index (χ4v) is 4.00. The molecule has 2 aliphatic rings. The van der Waals surface area contributed by atoms with E-state index in [-0.39, 0.29) is 11.5 Å². The average molecular weight is 290 g/mol. The zero-order valence-electron chi connectivity index (χ0n) is 12.1. The first-order chi connectivity index (χ1) is 9.67. The van der Waals surface area contributed by atoms with Crippen molar-refractivity contribution in [2.75, 3.05) is 12.4 Å². The highest BCUT2D eigenvalue weighted by molar-refractivity contribution is 8.00. The minimum Gasteiger partial charge on any atom is -0.375 e. The second kappa shape index (κ2) is 5.90. The third kappa shape index (κ3) is 3.09. The van der Waals surface area contributed by atoms with E-state index >= 15 is 0 Å². The third-order valence-electron chi connectivity index (χ3n) is 4.62. The molecule has 1 aliphatic heterocycles. The maximum Gasteiger partial charge on any atom is 0.146 e. The van der Waals surface area contributed by atoms with Crippen molar-refractivity contribution in [3.05, 3.63) is 29.8 Å². The number of benzene rings is 1. The fourth-order valence-electron chi connectivity index (χ4n) is 3.13. The molecule has 1 heterocycles. The minimum atomic E-state index is 0.0765. The van der Waals surface area contributed by atoms with Crippen molar-refractivity contribution >= 4 is 17.5 Å². The van der Waals surface area contributed by atoms with Crippen LogP contribution in [-0.2, 0) is 9.53 Å². The first-order valence-electron chi connectivity index (χ1n) is 7.53. The lowest BCUT2D eigenvalue weighted by molar-refractivity contribution is -0.154. The summed E-state index contributed by atoms with van der Waals surface area (Å²) in [6, 6.07) is 8.41. The number of hydrogen-bond donors (Lipinski definition) is 0. The van der Waals surface area contributed by atoms with Crippen molar-refractivity contribution in [2.45, 2.75) is 49.5 Å². The highest BCUT2D eigenvalue weighted by Crippen LogP contribution is 2.44. The minimum absolute atomic E-state index is 0.0765. The third-order valence-corrected chi connectivity index (χ3v) is 5.65. The number of carbonyl (C=O) groups is 1. The Balaban J connectivity index is 1.52. The summed E-state index contributed by atoms with van der Waals surface area (Å²) in [5.41, 5.74) is 1.34. The van der Waals surface area contributed by atoms with Gasteiger partial charge in [-0.1, -0.05) is 17.7 Å². The summed E-state index contributed by atoms with van der Waals surface area (Å²) in [7, 11) is 0. The molecule has 1 atom stereocenters. The summed E-state index contributed by atoms with van der Waals surface area (Å²) < 4.78 is 5.90. The van der Waals surface area contributed by atoms with Crippen LogP contribution < -0.4 is 0 Å². The highest BCUT2D eigenvalue weighted by atomic mass is 32.2. The van der Waals surface area contributed by atoms with Gasteiger partial charge in [-0.15, -0.1) is 11.8 Å². The van der Waals surface area contributed by atoms with Gasteiger partial charge >= 0.3 is 0 Å². The number of hydrogen-bond acceptors (Lipinski definition) is 3. The van der Waals surface area contributed by atoms with Gasteiger partial charge in [0.25, 0.3) is 0 Å². The molecule has 0 aromatic heterocycles. The molecule has 1 saturated heterocycles. The van der Waals surface area contributed by atoms with Crippen LogP contribution in [-0.4, -0.2) is 23.7 Å². The largest absolute Gasteiger partial charge is 0.375 e. The van der Waals surface area contributed by atoms with Crippen LogP contribution in [0.15, 0.2) is 29.2 Å². The molecule has 3 rings (SSSR count). The van der Waals surface area contributed by atoms with Crippen molar-refractivity contribution in [1.29, 1.82) is 0 Å². The van der Waals surface area contributed by atoms with Crippen molar-refractivity contribution in [2.24, 2.45) is 5.92 Å². The zero-order valence-corrected chi connectivity index (χ0v) is 12.9. The van der Waals surface area contributed by atoms with Gasteiger partial charge in [-0.25, -0.2) is 0 Å². The summed E-state index contributed by atoms with van der Waals surface area (Å²) in [4.78, 5) is 13.6. The van der Waals surface area contributed by atoms with E-state index < -0.39 is 0 Å². The molecule has 0 amide bonds. The Kier molecular flexibility index (Phi) is 4.18. The predicted molar refractivity (Wildman–Crippen MR) is 82.2 cm³/mol. The molecule has 3 heteroatoms. The van der Waals surface area contributed by atoms with E-state index in [0.29, 0.717) is 11.5 Å². The van der Waals surface area contributed by atoms with E-state index in [0.717, 1.165) is 32.3 Å². The van der Waals surface area contributed by atoms with Crippen molar-refractivity contribution in [3.63, 3.8) is 0 Å². The smallest absolute Gasteiger partial charge is 0.146 e. The van der Waals surface area contributed by atoms with Gasteiger partial charge in [0.05, 0.1) is 11.4 Å². The Bertz CT molecular complexity index is 476. The fraction of sp³-hybridized carbons (Fsp3) is 0.588. The van der Waals surface area contributed by atoms with Gasteiger partial charge in [0.15, 0.2) is 0 Å². The Labute approximate surface area is 125 Å². The molecule has 1 aliphatic carbocycles. The summed E-state index contributed by atoms with van der Waals surface area (Å²) in [6.45, 7) is 2.85. The van der Waals surface area contributed by atoms with Crippen LogP contribution in [0.3, 0.4) is 0 Å². The molecule has 108 valence electrons. The number of ether oxygens (including phenoxy) is 1. The number of Topliss-reactive ketones (excluding diaryl/α,β-unsaturated/α-hetero) is 1. The van der Waals surface area contributed by atoms with Crippen LogP contribution in [0.2, 0.25) is 0 Å². The number of carbonyl (C=O) groups excluding carboxylic acids is 1. The van der Waals surface area contributed by atoms with Crippen LogP contribution in [0.4, 0.5) is 0 Å². The molecule has 2 nitrogen and oxygen atoms in total. The molecule has 2 fully saturated rings. The van der Waals surface area contributed by atoms with Gasteiger partial charge in [0.1, 0.15) is 5.78 Å². The predicted octanol–water partition coefficient (Wildman–Crippen LogP) is 4.01. The molecular weight excluding hydrogens is 268 g/mol.